The second kappa shape index (κ2) is 8.26. The zero-order valence-corrected chi connectivity index (χ0v) is 17.5. The molecule has 4 rings (SSSR count). The van der Waals surface area contributed by atoms with Gasteiger partial charge in [-0.3, -0.25) is 4.79 Å². The number of carbonyl (C=O) groups is 1. The van der Waals surface area contributed by atoms with Crippen molar-refractivity contribution < 1.29 is 13.6 Å². The summed E-state index contributed by atoms with van der Waals surface area (Å²) in [6.07, 6.45) is 2.18. The molecule has 1 N–H and O–H groups in total. The van der Waals surface area contributed by atoms with Gasteiger partial charge < -0.3 is 9.73 Å². The van der Waals surface area contributed by atoms with Gasteiger partial charge in [0.25, 0.3) is 0 Å². The predicted molar refractivity (Wildman–Crippen MR) is 114 cm³/mol. The number of aryl methyl sites for hydroxylation is 3. The van der Waals surface area contributed by atoms with Gasteiger partial charge >= 0.3 is 0 Å². The Labute approximate surface area is 175 Å². The van der Waals surface area contributed by atoms with Crippen molar-refractivity contribution >= 4 is 33.7 Å². The van der Waals surface area contributed by atoms with Crippen LogP contribution in [0.1, 0.15) is 22.1 Å². The molecule has 0 aliphatic rings. The van der Waals surface area contributed by atoms with Crippen LogP contribution in [0.25, 0.3) is 22.6 Å². The van der Waals surface area contributed by atoms with E-state index in [1.165, 1.54) is 33.2 Å². The highest BCUT2D eigenvalue weighted by atomic mass is 32.1. The fourth-order valence-electron chi connectivity index (χ4n) is 2.92. The Bertz CT molecular complexity index is 1150. The molecule has 0 spiro atoms. The highest BCUT2D eigenvalue weighted by Gasteiger charge is 2.13. The third kappa shape index (κ3) is 4.60. The van der Waals surface area contributed by atoms with Crippen LogP contribution in [0.3, 0.4) is 0 Å². The fraction of sp³-hybridized carbons (Fsp3) is 0.190. The van der Waals surface area contributed by atoms with Gasteiger partial charge in [0.05, 0.1) is 11.9 Å². The summed E-state index contributed by atoms with van der Waals surface area (Å²) in [6.45, 7) is 4.14. The minimum absolute atomic E-state index is 0.148. The molecule has 1 aromatic carbocycles. The smallest absolute Gasteiger partial charge is 0.226 e. The number of anilines is 1. The second-order valence-electron chi connectivity index (χ2n) is 6.54. The number of carbonyl (C=O) groups excluding carboxylic acids is 1. The van der Waals surface area contributed by atoms with Gasteiger partial charge in [-0.25, -0.2) is 14.4 Å². The van der Waals surface area contributed by atoms with Gasteiger partial charge in [-0.1, -0.05) is 0 Å². The van der Waals surface area contributed by atoms with Gasteiger partial charge in [-0.2, -0.15) is 0 Å². The molecule has 0 saturated heterocycles. The number of aromatic nitrogens is 2. The van der Waals surface area contributed by atoms with E-state index in [0.717, 1.165) is 16.8 Å². The summed E-state index contributed by atoms with van der Waals surface area (Å²) in [6, 6.07) is 8.10. The topological polar surface area (TPSA) is 68.0 Å². The Morgan fingerprint density at radius 1 is 1.24 bits per heavy atom. The average molecular weight is 428 g/mol. The van der Waals surface area contributed by atoms with Crippen LogP contribution in [0, 0.1) is 19.7 Å². The van der Waals surface area contributed by atoms with E-state index in [1.54, 1.807) is 29.7 Å². The molecular formula is C21H18FN3O2S2. The molecule has 148 valence electrons. The molecule has 1 amide bonds. The monoisotopic (exact) mass is 427 g/mol. The Balaban J connectivity index is 1.34. The van der Waals surface area contributed by atoms with Gasteiger partial charge in [0.2, 0.25) is 5.91 Å². The lowest BCUT2D eigenvalue weighted by Gasteiger charge is -2.00. The van der Waals surface area contributed by atoms with Crippen molar-refractivity contribution in [1.29, 1.82) is 0 Å². The van der Waals surface area contributed by atoms with E-state index >= 15 is 0 Å². The molecule has 0 radical (unpaired) electrons. The summed E-state index contributed by atoms with van der Waals surface area (Å²) in [5.41, 5.74) is 2.73. The number of thiophene rings is 1. The zero-order valence-electron chi connectivity index (χ0n) is 15.9. The van der Waals surface area contributed by atoms with Crippen molar-refractivity contribution in [2.45, 2.75) is 26.7 Å². The first-order chi connectivity index (χ1) is 14.0. The number of oxazole rings is 1. The third-order valence-electron chi connectivity index (χ3n) is 4.32. The van der Waals surface area contributed by atoms with Gasteiger partial charge in [-0.05, 0) is 44.2 Å². The maximum atomic E-state index is 13.0. The summed E-state index contributed by atoms with van der Waals surface area (Å²) in [5.74, 6) is 0.556. The summed E-state index contributed by atoms with van der Waals surface area (Å²) in [5, 5.41) is 5.36. The molecule has 0 fully saturated rings. The Hall–Kier alpha value is -2.84. The Morgan fingerprint density at radius 2 is 2.03 bits per heavy atom. The van der Waals surface area contributed by atoms with Gasteiger partial charge in [0.1, 0.15) is 5.82 Å². The molecule has 0 aliphatic carbocycles. The summed E-state index contributed by atoms with van der Waals surface area (Å²) < 4.78 is 18.7. The number of hydrogen-bond acceptors (Lipinski definition) is 6. The van der Waals surface area contributed by atoms with Crippen molar-refractivity contribution in [3.63, 3.8) is 0 Å². The molecule has 0 bridgehead atoms. The van der Waals surface area contributed by atoms with Gasteiger partial charge in [-0.15, -0.1) is 22.7 Å². The number of hydrogen-bond donors (Lipinski definition) is 1. The van der Waals surface area contributed by atoms with Crippen molar-refractivity contribution in [2.75, 3.05) is 5.32 Å². The molecular weight excluding hydrogens is 409 g/mol. The van der Waals surface area contributed by atoms with E-state index in [9.17, 15) is 9.18 Å². The van der Waals surface area contributed by atoms with E-state index < -0.39 is 0 Å². The molecule has 3 heterocycles. The lowest BCUT2D eigenvalue weighted by molar-refractivity contribution is -0.116. The van der Waals surface area contributed by atoms with E-state index in [0.29, 0.717) is 23.2 Å². The van der Waals surface area contributed by atoms with Gasteiger partial charge in [0, 0.05) is 39.1 Å². The largest absolute Gasteiger partial charge is 0.441 e. The summed E-state index contributed by atoms with van der Waals surface area (Å²) in [4.78, 5) is 23.4. The van der Waals surface area contributed by atoms with Crippen LogP contribution in [0.5, 0.6) is 0 Å². The van der Waals surface area contributed by atoms with E-state index in [1.807, 2.05) is 5.38 Å². The first-order valence-electron chi connectivity index (χ1n) is 9.01. The first-order valence-corrected chi connectivity index (χ1v) is 10.7. The zero-order chi connectivity index (χ0) is 20.4. The van der Waals surface area contributed by atoms with E-state index in [2.05, 4.69) is 35.2 Å². The quantitative estimate of drug-likeness (QED) is 0.419. The first kappa shape index (κ1) is 19.5. The number of nitrogens with one attached hydrogen (secondary N) is 1. The average Bonchev–Trinajstić information content (AvgIpc) is 3.41. The maximum Gasteiger partial charge on any atom is 0.226 e. The number of nitrogens with zero attached hydrogens (tertiary/aromatic N) is 2. The molecule has 4 aromatic rings. The van der Waals surface area contributed by atoms with Crippen LogP contribution < -0.4 is 5.32 Å². The Kier molecular flexibility index (Phi) is 5.55. The third-order valence-corrected chi connectivity index (χ3v) is 6.04. The number of thiazole rings is 1. The summed E-state index contributed by atoms with van der Waals surface area (Å²) >= 11 is 3.14. The highest BCUT2D eigenvalue weighted by molar-refractivity contribution is 7.14. The number of rotatable bonds is 6. The van der Waals surface area contributed by atoms with Crippen molar-refractivity contribution in [2.24, 2.45) is 0 Å². The van der Waals surface area contributed by atoms with Crippen LogP contribution in [0.15, 0.2) is 46.3 Å². The molecule has 8 heteroatoms. The SMILES string of the molecule is Cc1cc(-c2csc(NC(=O)CCc3ncc(-c4ccc(F)cc4)o3)n2)c(C)s1. The number of amides is 1. The fourth-order valence-corrected chi connectivity index (χ4v) is 4.58. The van der Waals surface area contributed by atoms with E-state index in [-0.39, 0.29) is 18.1 Å². The van der Waals surface area contributed by atoms with Crippen LogP contribution in [-0.4, -0.2) is 15.9 Å². The minimum Gasteiger partial charge on any atom is -0.441 e. The maximum absolute atomic E-state index is 13.0. The Morgan fingerprint density at radius 3 is 2.76 bits per heavy atom. The molecule has 0 unspecified atom stereocenters. The molecule has 0 atom stereocenters. The summed E-state index contributed by atoms with van der Waals surface area (Å²) in [7, 11) is 0. The van der Waals surface area contributed by atoms with Crippen molar-refractivity contribution in [3.8, 4) is 22.6 Å². The van der Waals surface area contributed by atoms with E-state index in [4.69, 9.17) is 4.42 Å². The van der Waals surface area contributed by atoms with Crippen LogP contribution >= 0.6 is 22.7 Å². The van der Waals surface area contributed by atoms with Crippen molar-refractivity contribution in [3.05, 3.63) is 63.4 Å². The normalized spacial score (nSPS) is 11.0. The molecule has 5 nitrogen and oxygen atoms in total. The minimum atomic E-state index is -0.306. The standard InChI is InChI=1S/C21H18FN3O2S2/c1-12-9-16(13(2)29-12)17-11-28-21(24-17)25-19(26)7-8-20-23-10-18(27-20)14-3-5-15(22)6-4-14/h3-6,9-11H,7-8H2,1-2H3,(H,24,25,26). The lowest BCUT2D eigenvalue weighted by Crippen LogP contribution is -2.12. The van der Waals surface area contributed by atoms with Crippen molar-refractivity contribution in [1.82, 2.24) is 9.97 Å². The number of halogens is 1. The van der Waals surface area contributed by atoms with Crippen LogP contribution in [0.2, 0.25) is 0 Å². The van der Waals surface area contributed by atoms with Crippen LogP contribution in [0.4, 0.5) is 9.52 Å². The lowest BCUT2D eigenvalue weighted by atomic mass is 10.2. The molecule has 0 aliphatic heterocycles. The van der Waals surface area contributed by atoms with Crippen LogP contribution in [-0.2, 0) is 11.2 Å². The van der Waals surface area contributed by atoms with Gasteiger partial charge in [0.15, 0.2) is 16.8 Å². The molecule has 29 heavy (non-hydrogen) atoms. The second-order valence-corrected chi connectivity index (χ2v) is 8.86. The predicted octanol–water partition coefficient (Wildman–Crippen LogP) is 5.85. The molecule has 3 aromatic heterocycles. The highest BCUT2D eigenvalue weighted by Crippen LogP contribution is 2.32. The number of benzene rings is 1. The molecule has 0 saturated carbocycles.